The largest absolute Gasteiger partial charge is 0.506 e. The zero-order valence-electron chi connectivity index (χ0n) is 21.4. The van der Waals surface area contributed by atoms with E-state index in [0.29, 0.717) is 12.2 Å². The van der Waals surface area contributed by atoms with Crippen LogP contribution in [0.1, 0.15) is 57.4 Å². The van der Waals surface area contributed by atoms with E-state index < -0.39 is 0 Å². The van der Waals surface area contributed by atoms with Crippen LogP contribution in [-0.2, 0) is 6.54 Å². The van der Waals surface area contributed by atoms with Crippen LogP contribution in [0, 0.1) is 5.82 Å². The lowest BCUT2D eigenvalue weighted by Gasteiger charge is -2.16. The van der Waals surface area contributed by atoms with Gasteiger partial charge in [-0.2, -0.15) is 5.10 Å². The average Bonchev–Trinajstić information content (AvgIpc) is 3.27. The minimum atomic E-state index is -0.290. The molecule has 0 saturated heterocycles. The van der Waals surface area contributed by atoms with Crippen molar-refractivity contribution in [2.24, 2.45) is 0 Å². The van der Waals surface area contributed by atoms with Gasteiger partial charge in [0.15, 0.2) is 0 Å². The number of anilines is 1. The molecular formula is C29H37FN4O. The maximum atomic E-state index is 13.4. The van der Waals surface area contributed by atoms with E-state index >= 15 is 0 Å². The number of aromatic nitrogens is 2. The van der Waals surface area contributed by atoms with Crippen molar-refractivity contribution in [3.05, 3.63) is 95.7 Å². The molecule has 0 spiro atoms. The van der Waals surface area contributed by atoms with Crippen LogP contribution >= 0.6 is 0 Å². The van der Waals surface area contributed by atoms with E-state index in [9.17, 15) is 9.50 Å². The van der Waals surface area contributed by atoms with Gasteiger partial charge in [-0.15, -0.1) is 0 Å². The van der Waals surface area contributed by atoms with Crippen molar-refractivity contribution in [1.82, 2.24) is 15.1 Å². The van der Waals surface area contributed by atoms with Gasteiger partial charge in [0, 0.05) is 30.4 Å². The van der Waals surface area contributed by atoms with Gasteiger partial charge in [-0.1, -0.05) is 52.0 Å². The molecule has 0 fully saturated rings. The standard InChI is InChI=1S/C26H29FN4O.C3H8/c1-5-8-23(29-16-18-9-14-24(28-4)26(32)15-18)21(6-2)22-17-30-31(25(22)7-3)20-12-10-19(27)11-13-20;1-3-2/h6-15,17,28-29,32H,3,5,16H2,1-2,4H3;3H2,1-2H3/b21-6+,23-8+;. The van der Waals surface area contributed by atoms with Gasteiger partial charge < -0.3 is 15.7 Å². The number of halogens is 1. The van der Waals surface area contributed by atoms with E-state index in [2.05, 4.69) is 49.2 Å². The van der Waals surface area contributed by atoms with Crippen LogP contribution in [0.25, 0.3) is 17.3 Å². The third-order valence-corrected chi connectivity index (χ3v) is 5.16. The molecule has 0 radical (unpaired) electrons. The van der Waals surface area contributed by atoms with Crippen molar-refractivity contribution < 1.29 is 9.50 Å². The number of hydrogen-bond acceptors (Lipinski definition) is 4. The van der Waals surface area contributed by atoms with Gasteiger partial charge in [0.25, 0.3) is 0 Å². The summed E-state index contributed by atoms with van der Waals surface area (Å²) >= 11 is 0. The molecule has 2 aromatic carbocycles. The molecule has 0 saturated carbocycles. The van der Waals surface area contributed by atoms with Gasteiger partial charge in [0.2, 0.25) is 0 Å². The molecule has 0 aliphatic heterocycles. The number of hydrogen-bond donors (Lipinski definition) is 3. The number of allylic oxidation sites excluding steroid dienone is 3. The lowest BCUT2D eigenvalue weighted by molar-refractivity contribution is 0.476. The summed E-state index contributed by atoms with van der Waals surface area (Å²) in [7, 11) is 1.77. The molecule has 186 valence electrons. The Kier molecular flexibility index (Phi) is 10.8. The number of rotatable bonds is 9. The minimum Gasteiger partial charge on any atom is -0.506 e. The van der Waals surface area contributed by atoms with E-state index in [1.54, 1.807) is 42.2 Å². The van der Waals surface area contributed by atoms with E-state index in [-0.39, 0.29) is 11.6 Å². The van der Waals surface area contributed by atoms with Gasteiger partial charge in [-0.3, -0.25) is 0 Å². The highest BCUT2D eigenvalue weighted by atomic mass is 19.1. The van der Waals surface area contributed by atoms with Crippen molar-refractivity contribution in [1.29, 1.82) is 0 Å². The maximum Gasteiger partial charge on any atom is 0.138 e. The summed E-state index contributed by atoms with van der Waals surface area (Å²) in [5, 5.41) is 21.1. The first-order valence-corrected chi connectivity index (χ1v) is 12.0. The number of phenolic OH excluding ortho intramolecular Hbond substituents is 1. The molecule has 3 rings (SSSR count). The first kappa shape index (κ1) is 27.4. The molecule has 1 heterocycles. The second kappa shape index (κ2) is 13.8. The highest BCUT2D eigenvalue weighted by molar-refractivity contribution is 5.82. The van der Waals surface area contributed by atoms with Gasteiger partial charge in [-0.05, 0) is 61.4 Å². The summed E-state index contributed by atoms with van der Waals surface area (Å²) in [5.74, 6) is -0.0739. The Hall–Kier alpha value is -3.80. The second-order valence-electron chi connectivity index (χ2n) is 7.93. The molecule has 0 unspecified atom stereocenters. The third-order valence-electron chi connectivity index (χ3n) is 5.16. The maximum absolute atomic E-state index is 13.4. The number of nitrogens with zero attached hydrogens (tertiary/aromatic N) is 2. The molecule has 6 heteroatoms. The van der Waals surface area contributed by atoms with Crippen molar-refractivity contribution in [2.75, 3.05) is 12.4 Å². The molecule has 35 heavy (non-hydrogen) atoms. The molecule has 0 aliphatic carbocycles. The zero-order chi connectivity index (χ0) is 25.8. The molecular weight excluding hydrogens is 439 g/mol. The molecule has 3 N–H and O–H groups in total. The molecule has 1 aromatic heterocycles. The number of aromatic hydroxyl groups is 1. The Bertz CT molecular complexity index is 1160. The summed E-state index contributed by atoms with van der Waals surface area (Å²) < 4.78 is 15.1. The van der Waals surface area contributed by atoms with Crippen LogP contribution in [0.2, 0.25) is 0 Å². The van der Waals surface area contributed by atoms with Crippen molar-refractivity contribution in [3.63, 3.8) is 0 Å². The predicted molar refractivity (Wildman–Crippen MR) is 146 cm³/mol. The van der Waals surface area contributed by atoms with Gasteiger partial charge in [0.1, 0.15) is 11.6 Å². The quantitative estimate of drug-likeness (QED) is 0.224. The number of benzene rings is 2. The van der Waals surface area contributed by atoms with Crippen LogP contribution in [0.15, 0.2) is 73.1 Å². The second-order valence-corrected chi connectivity index (χ2v) is 7.93. The fourth-order valence-corrected chi connectivity index (χ4v) is 3.58. The smallest absolute Gasteiger partial charge is 0.138 e. The van der Waals surface area contributed by atoms with Gasteiger partial charge >= 0.3 is 0 Å². The van der Waals surface area contributed by atoms with Crippen LogP contribution in [-0.4, -0.2) is 21.9 Å². The molecule has 0 amide bonds. The van der Waals surface area contributed by atoms with Crippen molar-refractivity contribution in [2.45, 2.75) is 47.1 Å². The molecule has 0 atom stereocenters. The van der Waals surface area contributed by atoms with Crippen LogP contribution < -0.4 is 10.6 Å². The van der Waals surface area contributed by atoms with E-state index in [4.69, 9.17) is 0 Å². The lowest BCUT2D eigenvalue weighted by atomic mass is 10.0. The normalized spacial score (nSPS) is 11.5. The number of phenols is 1. The molecule has 0 bridgehead atoms. The first-order chi connectivity index (χ1) is 16.9. The third kappa shape index (κ3) is 7.09. The Morgan fingerprint density at radius 3 is 2.37 bits per heavy atom. The summed E-state index contributed by atoms with van der Waals surface area (Å²) in [6, 6.07) is 11.8. The summed E-state index contributed by atoms with van der Waals surface area (Å²) in [6.07, 6.45) is 9.81. The SMILES string of the molecule is C=Cc1c(C(=C\C)/C(=C\CC)NCc2ccc(NC)c(O)c2)cnn1-c1ccc(F)cc1.CCC. The Morgan fingerprint density at radius 1 is 1.14 bits per heavy atom. The van der Waals surface area contributed by atoms with Crippen LogP contribution in [0.5, 0.6) is 5.75 Å². The van der Waals surface area contributed by atoms with Gasteiger partial charge in [-0.25, -0.2) is 9.07 Å². The molecule has 5 nitrogen and oxygen atoms in total. The van der Waals surface area contributed by atoms with Gasteiger partial charge in [0.05, 0.1) is 23.3 Å². The Balaban J connectivity index is 0.00000137. The van der Waals surface area contributed by atoms with E-state index in [1.165, 1.54) is 18.6 Å². The lowest BCUT2D eigenvalue weighted by Crippen LogP contribution is -2.15. The Labute approximate surface area is 208 Å². The Morgan fingerprint density at radius 2 is 1.83 bits per heavy atom. The summed E-state index contributed by atoms with van der Waals surface area (Å²) in [6.45, 7) is 12.8. The highest BCUT2D eigenvalue weighted by Crippen LogP contribution is 2.29. The van der Waals surface area contributed by atoms with E-state index in [0.717, 1.165) is 40.2 Å². The monoisotopic (exact) mass is 476 g/mol. The average molecular weight is 477 g/mol. The van der Waals surface area contributed by atoms with Crippen LogP contribution in [0.3, 0.4) is 0 Å². The number of nitrogens with one attached hydrogen (secondary N) is 2. The zero-order valence-corrected chi connectivity index (χ0v) is 21.4. The minimum absolute atomic E-state index is 0.216. The predicted octanol–water partition coefficient (Wildman–Crippen LogP) is 7.31. The topological polar surface area (TPSA) is 62.1 Å². The molecule has 0 aliphatic rings. The summed E-state index contributed by atoms with van der Waals surface area (Å²) in [5.41, 5.74) is 6.12. The highest BCUT2D eigenvalue weighted by Gasteiger charge is 2.16. The fourth-order valence-electron chi connectivity index (χ4n) is 3.58. The van der Waals surface area contributed by atoms with Crippen LogP contribution in [0.4, 0.5) is 10.1 Å². The van der Waals surface area contributed by atoms with E-state index in [1.807, 2.05) is 25.1 Å². The molecule has 3 aromatic rings. The van der Waals surface area contributed by atoms with Crippen molar-refractivity contribution in [3.8, 4) is 11.4 Å². The first-order valence-electron chi connectivity index (χ1n) is 12.0. The van der Waals surface area contributed by atoms with Crippen molar-refractivity contribution >= 4 is 17.3 Å². The fraction of sp³-hybridized carbons (Fsp3) is 0.276. The summed E-state index contributed by atoms with van der Waals surface area (Å²) in [4.78, 5) is 0.